The van der Waals surface area contributed by atoms with E-state index in [0.717, 1.165) is 31.7 Å². The number of nitrogens with zero attached hydrogens (tertiary/aromatic N) is 2. The van der Waals surface area contributed by atoms with E-state index in [-0.39, 0.29) is 6.61 Å². The van der Waals surface area contributed by atoms with Crippen LogP contribution in [0.15, 0.2) is 12.3 Å². The van der Waals surface area contributed by atoms with Gasteiger partial charge in [-0.3, -0.25) is 4.68 Å². The largest absolute Gasteiger partial charge is 0.390 e. The minimum Gasteiger partial charge on any atom is -0.390 e. The number of hydrogen-bond donors (Lipinski definition) is 1. The lowest BCUT2D eigenvalue weighted by atomic mass is 10.2. The van der Waals surface area contributed by atoms with Crippen LogP contribution in [0, 0.1) is 0 Å². The highest BCUT2D eigenvalue weighted by molar-refractivity contribution is 4.96. The lowest BCUT2D eigenvalue weighted by Gasteiger charge is -2.08. The Balaban J connectivity index is 1.92. The first-order valence-corrected chi connectivity index (χ1v) is 4.63. The lowest BCUT2D eigenvalue weighted by Crippen LogP contribution is -2.15. The van der Waals surface area contributed by atoms with Gasteiger partial charge in [-0.25, -0.2) is 0 Å². The highest BCUT2D eigenvalue weighted by Gasteiger charge is 2.15. The molecule has 1 saturated heterocycles. The molecule has 1 aliphatic rings. The van der Waals surface area contributed by atoms with E-state index in [1.54, 1.807) is 0 Å². The van der Waals surface area contributed by atoms with E-state index in [0.29, 0.717) is 6.10 Å². The average Bonchev–Trinajstić information content (AvgIpc) is 2.76. The van der Waals surface area contributed by atoms with Gasteiger partial charge in [0, 0.05) is 12.8 Å². The van der Waals surface area contributed by atoms with Gasteiger partial charge < -0.3 is 9.84 Å². The van der Waals surface area contributed by atoms with Gasteiger partial charge in [-0.1, -0.05) is 0 Å². The minimum atomic E-state index is 0.0124. The molecule has 72 valence electrons. The Bertz CT molecular complexity index is 266. The van der Waals surface area contributed by atoms with Gasteiger partial charge in [-0.2, -0.15) is 5.10 Å². The second-order valence-electron chi connectivity index (χ2n) is 3.32. The van der Waals surface area contributed by atoms with E-state index < -0.39 is 0 Å². The Morgan fingerprint density at radius 3 is 3.23 bits per heavy atom. The fourth-order valence-electron chi connectivity index (χ4n) is 1.59. The molecule has 0 aromatic carbocycles. The SMILES string of the molecule is OCc1ccn(CC2CCCO2)n1. The fraction of sp³-hybridized carbons (Fsp3) is 0.667. The monoisotopic (exact) mass is 182 g/mol. The fourth-order valence-corrected chi connectivity index (χ4v) is 1.59. The molecule has 0 spiro atoms. The third kappa shape index (κ3) is 2.08. The van der Waals surface area contributed by atoms with Crippen molar-refractivity contribution in [3.63, 3.8) is 0 Å². The summed E-state index contributed by atoms with van der Waals surface area (Å²) in [4.78, 5) is 0. The molecule has 1 unspecified atom stereocenters. The van der Waals surface area contributed by atoms with Crippen LogP contribution in [0.25, 0.3) is 0 Å². The maximum absolute atomic E-state index is 8.80. The van der Waals surface area contributed by atoms with Gasteiger partial charge in [0.2, 0.25) is 0 Å². The van der Waals surface area contributed by atoms with Crippen LogP contribution >= 0.6 is 0 Å². The number of hydrogen-bond acceptors (Lipinski definition) is 3. The van der Waals surface area contributed by atoms with E-state index in [4.69, 9.17) is 9.84 Å². The quantitative estimate of drug-likeness (QED) is 0.742. The van der Waals surface area contributed by atoms with Crippen LogP contribution < -0.4 is 0 Å². The number of aromatic nitrogens is 2. The normalized spacial score (nSPS) is 22.4. The zero-order valence-corrected chi connectivity index (χ0v) is 7.52. The first-order chi connectivity index (χ1) is 6.38. The number of ether oxygens (including phenoxy) is 1. The van der Waals surface area contributed by atoms with E-state index in [9.17, 15) is 0 Å². The van der Waals surface area contributed by atoms with Crippen LogP contribution in [0.4, 0.5) is 0 Å². The Labute approximate surface area is 77.1 Å². The third-order valence-electron chi connectivity index (χ3n) is 2.27. The Kier molecular flexibility index (Phi) is 2.61. The maximum atomic E-state index is 8.80. The van der Waals surface area contributed by atoms with Crippen LogP contribution in [0.1, 0.15) is 18.5 Å². The van der Waals surface area contributed by atoms with Crippen LogP contribution in [-0.4, -0.2) is 27.6 Å². The summed E-state index contributed by atoms with van der Waals surface area (Å²) in [5.41, 5.74) is 0.720. The lowest BCUT2D eigenvalue weighted by molar-refractivity contribution is 0.0937. The van der Waals surface area contributed by atoms with E-state index >= 15 is 0 Å². The molecule has 0 radical (unpaired) electrons. The van der Waals surface area contributed by atoms with E-state index in [1.807, 2.05) is 16.9 Å². The second-order valence-corrected chi connectivity index (χ2v) is 3.32. The Morgan fingerprint density at radius 1 is 1.69 bits per heavy atom. The van der Waals surface area contributed by atoms with Gasteiger partial charge in [0.1, 0.15) is 0 Å². The van der Waals surface area contributed by atoms with Gasteiger partial charge in [0.15, 0.2) is 0 Å². The molecule has 0 saturated carbocycles. The molecule has 1 N–H and O–H groups in total. The molecule has 0 aliphatic carbocycles. The molecule has 0 amide bonds. The molecule has 2 heterocycles. The Morgan fingerprint density at radius 2 is 2.62 bits per heavy atom. The van der Waals surface area contributed by atoms with Gasteiger partial charge in [0.05, 0.1) is 24.9 Å². The molecule has 1 fully saturated rings. The predicted octanol–water partition coefficient (Wildman–Crippen LogP) is 0.554. The number of rotatable bonds is 3. The summed E-state index contributed by atoms with van der Waals surface area (Å²) in [5, 5.41) is 13.0. The third-order valence-corrected chi connectivity index (χ3v) is 2.27. The first kappa shape index (κ1) is 8.72. The summed E-state index contributed by atoms with van der Waals surface area (Å²) < 4.78 is 7.31. The molecule has 1 aromatic heterocycles. The summed E-state index contributed by atoms with van der Waals surface area (Å²) >= 11 is 0. The van der Waals surface area contributed by atoms with Crippen molar-refractivity contribution in [3.05, 3.63) is 18.0 Å². The smallest absolute Gasteiger partial charge is 0.0878 e. The predicted molar refractivity (Wildman–Crippen MR) is 47.1 cm³/mol. The highest BCUT2D eigenvalue weighted by atomic mass is 16.5. The van der Waals surface area contributed by atoms with Crippen LogP contribution in [0.5, 0.6) is 0 Å². The van der Waals surface area contributed by atoms with Crippen molar-refractivity contribution < 1.29 is 9.84 Å². The van der Waals surface area contributed by atoms with Crippen molar-refractivity contribution in [3.8, 4) is 0 Å². The highest BCUT2D eigenvalue weighted by Crippen LogP contribution is 2.13. The average molecular weight is 182 g/mol. The van der Waals surface area contributed by atoms with Crippen molar-refractivity contribution in [2.75, 3.05) is 6.61 Å². The van der Waals surface area contributed by atoms with Crippen molar-refractivity contribution >= 4 is 0 Å². The van der Waals surface area contributed by atoms with Crippen molar-refractivity contribution in [2.45, 2.75) is 32.1 Å². The molecule has 1 atom stereocenters. The summed E-state index contributed by atoms with van der Waals surface area (Å²) in [7, 11) is 0. The molecule has 13 heavy (non-hydrogen) atoms. The number of aliphatic hydroxyl groups excluding tert-OH is 1. The van der Waals surface area contributed by atoms with E-state index in [1.165, 1.54) is 0 Å². The molecular formula is C9H14N2O2. The maximum Gasteiger partial charge on any atom is 0.0878 e. The van der Waals surface area contributed by atoms with Gasteiger partial charge >= 0.3 is 0 Å². The molecule has 2 rings (SSSR count). The topological polar surface area (TPSA) is 47.3 Å². The van der Waals surface area contributed by atoms with Crippen molar-refractivity contribution in [2.24, 2.45) is 0 Å². The number of aliphatic hydroxyl groups is 1. The minimum absolute atomic E-state index is 0.0124. The molecule has 1 aromatic rings. The second kappa shape index (κ2) is 3.89. The molecule has 1 aliphatic heterocycles. The van der Waals surface area contributed by atoms with Gasteiger partial charge in [0.25, 0.3) is 0 Å². The summed E-state index contributed by atoms with van der Waals surface area (Å²) in [6.07, 6.45) is 4.46. The van der Waals surface area contributed by atoms with Gasteiger partial charge in [-0.15, -0.1) is 0 Å². The zero-order chi connectivity index (χ0) is 9.10. The van der Waals surface area contributed by atoms with Crippen LogP contribution in [0.2, 0.25) is 0 Å². The van der Waals surface area contributed by atoms with E-state index in [2.05, 4.69) is 5.10 Å². The van der Waals surface area contributed by atoms with Crippen LogP contribution in [-0.2, 0) is 17.9 Å². The summed E-state index contributed by atoms with van der Waals surface area (Å²) in [5.74, 6) is 0. The standard InChI is InChI=1S/C9H14N2O2/c12-7-8-3-4-11(10-8)6-9-2-1-5-13-9/h3-4,9,12H,1-2,5-7H2. The molecule has 4 heteroatoms. The van der Waals surface area contributed by atoms with Crippen molar-refractivity contribution in [1.82, 2.24) is 9.78 Å². The molecule has 0 bridgehead atoms. The Hall–Kier alpha value is -0.870. The van der Waals surface area contributed by atoms with Crippen LogP contribution in [0.3, 0.4) is 0 Å². The molecular weight excluding hydrogens is 168 g/mol. The zero-order valence-electron chi connectivity index (χ0n) is 7.52. The van der Waals surface area contributed by atoms with Gasteiger partial charge in [-0.05, 0) is 18.9 Å². The first-order valence-electron chi connectivity index (χ1n) is 4.63. The summed E-state index contributed by atoms with van der Waals surface area (Å²) in [6, 6.07) is 1.83. The summed E-state index contributed by atoms with van der Waals surface area (Å²) in [6.45, 7) is 1.69. The van der Waals surface area contributed by atoms with Crippen molar-refractivity contribution in [1.29, 1.82) is 0 Å². The molecule has 4 nitrogen and oxygen atoms in total.